The Morgan fingerprint density at radius 1 is 1.15 bits per heavy atom. The van der Waals surface area contributed by atoms with Gasteiger partial charge in [-0.3, -0.25) is 0 Å². The number of ether oxygens (including phenoxy) is 1. The predicted octanol–water partition coefficient (Wildman–Crippen LogP) is 3.43. The molecule has 0 fully saturated rings. The molecule has 0 amide bonds. The van der Waals surface area contributed by atoms with Crippen molar-refractivity contribution in [3.8, 4) is 0 Å². The van der Waals surface area contributed by atoms with E-state index in [0.717, 1.165) is 17.3 Å². The second-order valence-electron chi connectivity index (χ2n) is 4.70. The summed E-state index contributed by atoms with van der Waals surface area (Å²) in [6.45, 7) is 6.57. The Morgan fingerprint density at radius 2 is 1.85 bits per heavy atom. The molecule has 0 aliphatic rings. The van der Waals surface area contributed by atoms with E-state index in [4.69, 9.17) is 4.74 Å². The second-order valence-corrected chi connectivity index (χ2v) is 6.98. The fourth-order valence-electron chi connectivity index (χ4n) is 1.86. The molecule has 1 aromatic rings. The summed E-state index contributed by atoms with van der Waals surface area (Å²) in [6, 6.07) is 10.2. The van der Waals surface area contributed by atoms with E-state index >= 15 is 0 Å². The van der Waals surface area contributed by atoms with E-state index in [0.29, 0.717) is 6.61 Å². The van der Waals surface area contributed by atoms with Crippen molar-refractivity contribution in [3.05, 3.63) is 40.4 Å². The first-order chi connectivity index (χ1) is 9.69. The fourth-order valence-corrected chi connectivity index (χ4v) is 3.85. The summed E-state index contributed by atoms with van der Waals surface area (Å²) in [5.41, 5.74) is 1.20. The zero-order chi connectivity index (χ0) is 14.8. The van der Waals surface area contributed by atoms with Crippen LogP contribution in [-0.2, 0) is 9.53 Å². The molecular formula is C17H24O2Se. The van der Waals surface area contributed by atoms with E-state index in [1.165, 1.54) is 22.9 Å². The van der Waals surface area contributed by atoms with Crippen LogP contribution in [0.25, 0.3) is 0 Å². The van der Waals surface area contributed by atoms with Crippen molar-refractivity contribution in [2.24, 2.45) is 0 Å². The molecule has 20 heavy (non-hydrogen) atoms. The van der Waals surface area contributed by atoms with Crippen LogP contribution < -0.4 is 4.46 Å². The molecule has 0 aliphatic heterocycles. The van der Waals surface area contributed by atoms with Crippen LogP contribution in [0.4, 0.5) is 0 Å². The second kappa shape index (κ2) is 9.79. The van der Waals surface area contributed by atoms with Gasteiger partial charge in [-0.05, 0) is 0 Å². The Bertz CT molecular complexity index is 438. The number of rotatable bonds is 8. The minimum absolute atomic E-state index is 0.0316. The first-order valence-corrected chi connectivity index (χ1v) is 9.00. The van der Waals surface area contributed by atoms with Gasteiger partial charge in [-0.15, -0.1) is 0 Å². The summed E-state index contributed by atoms with van der Waals surface area (Å²) in [4.78, 5) is 12.2. The molecule has 2 nitrogen and oxygen atoms in total. The van der Waals surface area contributed by atoms with Crippen molar-refractivity contribution in [2.75, 3.05) is 6.61 Å². The molecule has 0 bridgehead atoms. The molecule has 0 unspecified atom stereocenters. The normalized spacial score (nSPS) is 11.9. The van der Waals surface area contributed by atoms with Gasteiger partial charge in [-0.2, -0.15) is 0 Å². The SMILES string of the molecule is CCCCC/C(C)=C(/[Se]c1ccccc1)C(=O)OCC. The van der Waals surface area contributed by atoms with Crippen LogP contribution in [0.2, 0.25) is 0 Å². The monoisotopic (exact) mass is 340 g/mol. The van der Waals surface area contributed by atoms with Gasteiger partial charge in [0.05, 0.1) is 0 Å². The summed E-state index contributed by atoms with van der Waals surface area (Å²) < 4.78 is 7.33. The molecule has 0 spiro atoms. The van der Waals surface area contributed by atoms with Gasteiger partial charge in [0.25, 0.3) is 0 Å². The molecule has 0 aromatic heterocycles. The van der Waals surface area contributed by atoms with Crippen molar-refractivity contribution in [3.63, 3.8) is 0 Å². The van der Waals surface area contributed by atoms with E-state index < -0.39 is 0 Å². The van der Waals surface area contributed by atoms with Crippen LogP contribution in [-0.4, -0.2) is 27.5 Å². The van der Waals surface area contributed by atoms with Crippen molar-refractivity contribution in [1.82, 2.24) is 0 Å². The predicted molar refractivity (Wildman–Crippen MR) is 85.3 cm³/mol. The van der Waals surface area contributed by atoms with E-state index in [9.17, 15) is 4.79 Å². The summed E-state index contributed by atoms with van der Waals surface area (Å²) in [7, 11) is 0. The number of hydrogen-bond acceptors (Lipinski definition) is 2. The molecule has 0 saturated carbocycles. The van der Waals surface area contributed by atoms with Gasteiger partial charge in [-0.25, -0.2) is 0 Å². The molecular weight excluding hydrogens is 315 g/mol. The standard InChI is InChI=1S/C17H24O2Se/c1-4-6-8-11-14(3)16(17(18)19-5-2)20-15-12-9-7-10-13-15/h7,9-10,12-13H,4-6,8,11H2,1-3H3/b16-14+. The summed E-state index contributed by atoms with van der Waals surface area (Å²) in [6.07, 6.45) is 4.56. The third kappa shape index (κ3) is 5.94. The Balaban J connectivity index is 2.84. The number of carbonyl (C=O) groups excluding carboxylic acids is 1. The number of benzene rings is 1. The average molecular weight is 339 g/mol. The van der Waals surface area contributed by atoms with Gasteiger partial charge in [0.15, 0.2) is 0 Å². The number of hydrogen-bond donors (Lipinski definition) is 0. The molecule has 3 heteroatoms. The Labute approximate surface area is 128 Å². The first kappa shape index (κ1) is 17.0. The zero-order valence-electron chi connectivity index (χ0n) is 12.6. The van der Waals surface area contributed by atoms with Gasteiger partial charge in [-0.1, -0.05) is 0 Å². The van der Waals surface area contributed by atoms with E-state index in [2.05, 4.69) is 26.0 Å². The average Bonchev–Trinajstić information content (AvgIpc) is 2.46. The van der Waals surface area contributed by atoms with Gasteiger partial charge in [0.1, 0.15) is 0 Å². The molecule has 110 valence electrons. The van der Waals surface area contributed by atoms with Crippen LogP contribution in [0.1, 0.15) is 46.5 Å². The Kier molecular flexibility index (Phi) is 8.32. The Morgan fingerprint density at radius 3 is 2.45 bits per heavy atom. The van der Waals surface area contributed by atoms with Gasteiger partial charge < -0.3 is 0 Å². The quantitative estimate of drug-likeness (QED) is 0.314. The number of esters is 1. The number of allylic oxidation sites excluding steroid dienone is 1. The fraction of sp³-hybridized carbons (Fsp3) is 0.471. The molecule has 0 radical (unpaired) electrons. The third-order valence-corrected chi connectivity index (χ3v) is 5.54. The molecule has 0 atom stereocenters. The van der Waals surface area contributed by atoms with E-state index in [1.54, 1.807) is 0 Å². The van der Waals surface area contributed by atoms with Crippen molar-refractivity contribution in [2.45, 2.75) is 46.5 Å². The molecule has 0 heterocycles. The van der Waals surface area contributed by atoms with Crippen LogP contribution in [0, 0.1) is 0 Å². The molecule has 0 aliphatic carbocycles. The molecule has 0 saturated heterocycles. The van der Waals surface area contributed by atoms with Gasteiger partial charge in [0.2, 0.25) is 0 Å². The van der Waals surface area contributed by atoms with Crippen molar-refractivity contribution < 1.29 is 9.53 Å². The van der Waals surface area contributed by atoms with Crippen molar-refractivity contribution in [1.29, 1.82) is 0 Å². The maximum atomic E-state index is 12.2. The number of carbonyl (C=O) groups is 1. The maximum absolute atomic E-state index is 12.2. The van der Waals surface area contributed by atoms with E-state index in [1.807, 2.05) is 25.1 Å². The van der Waals surface area contributed by atoms with Gasteiger partial charge >= 0.3 is 128 Å². The van der Waals surface area contributed by atoms with Crippen LogP contribution in [0.5, 0.6) is 0 Å². The van der Waals surface area contributed by atoms with Crippen molar-refractivity contribution >= 4 is 25.4 Å². The topological polar surface area (TPSA) is 26.3 Å². The van der Waals surface area contributed by atoms with Crippen LogP contribution >= 0.6 is 0 Å². The van der Waals surface area contributed by atoms with Crippen LogP contribution in [0.3, 0.4) is 0 Å². The first-order valence-electron chi connectivity index (χ1n) is 7.28. The zero-order valence-corrected chi connectivity index (χ0v) is 14.4. The summed E-state index contributed by atoms with van der Waals surface area (Å²) in [5, 5.41) is 0. The molecule has 1 rings (SSSR count). The summed E-state index contributed by atoms with van der Waals surface area (Å²) >= 11 is 0.0316. The molecule has 0 N–H and O–H groups in total. The minimum atomic E-state index is -0.134. The third-order valence-electron chi connectivity index (χ3n) is 2.97. The summed E-state index contributed by atoms with van der Waals surface area (Å²) in [5.74, 6) is -0.134. The van der Waals surface area contributed by atoms with Crippen LogP contribution in [0.15, 0.2) is 40.4 Å². The number of unbranched alkanes of at least 4 members (excludes halogenated alkanes) is 2. The van der Waals surface area contributed by atoms with E-state index in [-0.39, 0.29) is 20.9 Å². The van der Waals surface area contributed by atoms with Gasteiger partial charge in [0, 0.05) is 0 Å². The molecule has 1 aromatic carbocycles. The Hall–Kier alpha value is -1.05.